The molecule has 37 heavy (non-hydrogen) atoms. The van der Waals surface area contributed by atoms with E-state index in [0.29, 0.717) is 27.4 Å². The molecule has 0 amide bonds. The fourth-order valence-corrected chi connectivity index (χ4v) is 5.57. The zero-order valence-corrected chi connectivity index (χ0v) is 21.9. The fraction of sp³-hybridized carbons (Fsp3) is 0.219. The summed E-state index contributed by atoms with van der Waals surface area (Å²) in [7, 11) is 1.51. The standard InChI is InChI=1S/C32H31BrN2O2/c1-35(2)19-18-32(36,28-15-9-13-22-10-7-8-14-26(22)28)30(23-11-5-4-6-12-23)27-21-24-20-25(33)16-17-29(24)34-31(27)37-3/h4-17,20-21,30,36H,18-19H2,1-3H3/t30-,32-/m0/s1/i1D3,2D3. The van der Waals surface area contributed by atoms with Gasteiger partial charge in [0.05, 0.1) is 12.6 Å². The predicted molar refractivity (Wildman–Crippen MR) is 155 cm³/mol. The molecule has 5 rings (SSSR count). The van der Waals surface area contributed by atoms with Gasteiger partial charge < -0.3 is 14.7 Å². The number of rotatable bonds is 8. The Labute approximate surface area is 235 Å². The van der Waals surface area contributed by atoms with Gasteiger partial charge in [-0.15, -0.1) is 0 Å². The molecule has 0 spiro atoms. The monoisotopic (exact) mass is 560 g/mol. The topological polar surface area (TPSA) is 45.6 Å². The second-order valence-corrected chi connectivity index (χ2v) is 10.0. The number of nitrogens with zero attached hydrogens (tertiary/aromatic N) is 2. The summed E-state index contributed by atoms with van der Waals surface area (Å²) < 4.78 is 54.6. The van der Waals surface area contributed by atoms with Crippen LogP contribution in [0.4, 0.5) is 0 Å². The van der Waals surface area contributed by atoms with Crippen LogP contribution in [-0.2, 0) is 5.60 Å². The fourth-order valence-electron chi connectivity index (χ4n) is 5.19. The molecule has 188 valence electrons. The lowest BCUT2D eigenvalue weighted by atomic mass is 9.70. The zero-order valence-electron chi connectivity index (χ0n) is 26.4. The van der Waals surface area contributed by atoms with Gasteiger partial charge in [-0.25, -0.2) is 4.98 Å². The van der Waals surface area contributed by atoms with Gasteiger partial charge in [-0.2, -0.15) is 0 Å². The molecule has 5 heteroatoms. The van der Waals surface area contributed by atoms with Gasteiger partial charge >= 0.3 is 0 Å². The summed E-state index contributed by atoms with van der Waals surface area (Å²) in [6.45, 7) is -6.27. The molecular formula is C32H31BrN2O2. The van der Waals surface area contributed by atoms with Gasteiger partial charge in [0.1, 0.15) is 5.60 Å². The van der Waals surface area contributed by atoms with Crippen LogP contribution in [0.15, 0.2) is 102 Å². The van der Waals surface area contributed by atoms with Crippen LogP contribution < -0.4 is 4.74 Å². The Morgan fingerprint density at radius 2 is 1.70 bits per heavy atom. The number of halogens is 1. The Hall–Kier alpha value is -3.25. The first kappa shape index (κ1) is 18.9. The molecule has 0 bridgehead atoms. The van der Waals surface area contributed by atoms with E-state index in [1.807, 2.05) is 97.1 Å². The van der Waals surface area contributed by atoms with Crippen LogP contribution in [-0.4, -0.2) is 42.6 Å². The Morgan fingerprint density at radius 3 is 2.49 bits per heavy atom. The molecule has 5 aromatic rings. The maximum Gasteiger partial charge on any atom is 0.217 e. The SMILES string of the molecule is [2H]C([2H])([2H])N(CC[C@](O)(c1cccc2ccccc12)[C@@H](c1ccccc1)c1cc2cc(Br)ccc2nc1OC)C([2H])([2H])[2H]. The quantitative estimate of drug-likeness (QED) is 0.219. The maximum absolute atomic E-state index is 13.2. The number of aliphatic hydroxyl groups is 1. The minimum absolute atomic E-state index is 0.225. The summed E-state index contributed by atoms with van der Waals surface area (Å²) in [6, 6.07) is 30.1. The lowest BCUT2D eigenvalue weighted by molar-refractivity contribution is 0.00520. The Kier molecular flexibility index (Phi) is 5.43. The van der Waals surface area contributed by atoms with Crippen molar-refractivity contribution in [2.75, 3.05) is 27.6 Å². The first-order valence-corrected chi connectivity index (χ1v) is 12.8. The predicted octanol–water partition coefficient (Wildman–Crippen LogP) is 7.13. The number of aromatic nitrogens is 1. The molecule has 0 aliphatic carbocycles. The van der Waals surface area contributed by atoms with Gasteiger partial charge in [0.25, 0.3) is 0 Å². The van der Waals surface area contributed by atoms with E-state index in [-0.39, 0.29) is 6.42 Å². The van der Waals surface area contributed by atoms with E-state index in [2.05, 4.69) is 15.9 Å². The van der Waals surface area contributed by atoms with E-state index in [0.717, 1.165) is 26.2 Å². The van der Waals surface area contributed by atoms with Crippen LogP contribution in [0.1, 0.15) is 37.3 Å². The van der Waals surface area contributed by atoms with E-state index >= 15 is 0 Å². The van der Waals surface area contributed by atoms with Crippen LogP contribution in [0.2, 0.25) is 0 Å². The molecule has 0 unspecified atom stereocenters. The molecule has 1 aromatic heterocycles. The third-order valence-corrected chi connectivity index (χ3v) is 7.35. The number of hydrogen-bond acceptors (Lipinski definition) is 4. The second-order valence-electron chi connectivity index (χ2n) is 9.12. The number of methoxy groups -OCH3 is 1. The number of fused-ring (bicyclic) bond motifs is 2. The lowest BCUT2D eigenvalue weighted by Crippen LogP contribution is -2.38. The van der Waals surface area contributed by atoms with E-state index in [9.17, 15) is 5.11 Å². The Morgan fingerprint density at radius 1 is 0.946 bits per heavy atom. The molecule has 0 saturated heterocycles. The minimum atomic E-state index is -2.92. The maximum atomic E-state index is 13.2. The summed E-state index contributed by atoms with van der Waals surface area (Å²) >= 11 is 3.54. The van der Waals surface area contributed by atoms with E-state index in [1.54, 1.807) is 0 Å². The van der Waals surface area contributed by atoms with E-state index < -0.39 is 32.0 Å². The molecule has 0 radical (unpaired) electrons. The van der Waals surface area contributed by atoms with Gasteiger partial charge in [0, 0.05) is 36.1 Å². The van der Waals surface area contributed by atoms with Crippen LogP contribution in [0.5, 0.6) is 5.88 Å². The van der Waals surface area contributed by atoms with Gasteiger partial charge in [-0.1, -0.05) is 88.7 Å². The first-order chi connectivity index (χ1) is 20.3. The molecule has 2 atom stereocenters. The molecule has 0 aliphatic heterocycles. The summed E-state index contributed by atoms with van der Waals surface area (Å²) in [5, 5.41) is 15.6. The largest absolute Gasteiger partial charge is 0.481 e. The van der Waals surface area contributed by atoms with Crippen molar-refractivity contribution in [1.82, 2.24) is 9.88 Å². The highest BCUT2D eigenvalue weighted by Crippen LogP contribution is 2.49. The average Bonchev–Trinajstić information content (AvgIpc) is 2.95. The lowest BCUT2D eigenvalue weighted by Gasteiger charge is -2.39. The first-order valence-electron chi connectivity index (χ1n) is 15.0. The molecule has 4 aromatic carbocycles. The highest BCUT2D eigenvalue weighted by atomic mass is 79.9. The van der Waals surface area contributed by atoms with Gasteiger partial charge in [-0.3, -0.25) is 0 Å². The van der Waals surface area contributed by atoms with Crippen molar-refractivity contribution >= 4 is 37.6 Å². The number of pyridine rings is 1. The highest BCUT2D eigenvalue weighted by Gasteiger charge is 2.43. The summed E-state index contributed by atoms with van der Waals surface area (Å²) in [6.07, 6.45) is -0.225. The van der Waals surface area contributed by atoms with Crippen molar-refractivity contribution < 1.29 is 18.1 Å². The van der Waals surface area contributed by atoms with Gasteiger partial charge in [-0.05, 0) is 66.5 Å². The normalized spacial score (nSPS) is 17.2. The number of hydrogen-bond donors (Lipinski definition) is 1. The summed E-state index contributed by atoms with van der Waals surface area (Å²) in [5.74, 6) is -0.536. The van der Waals surface area contributed by atoms with E-state index in [1.165, 1.54) is 7.11 Å². The van der Waals surface area contributed by atoms with Crippen LogP contribution in [0.25, 0.3) is 21.7 Å². The van der Waals surface area contributed by atoms with E-state index in [4.69, 9.17) is 17.9 Å². The van der Waals surface area contributed by atoms with Crippen LogP contribution >= 0.6 is 15.9 Å². The Bertz CT molecular complexity index is 1730. The van der Waals surface area contributed by atoms with Crippen LogP contribution in [0, 0.1) is 0 Å². The Balaban J connectivity index is 1.82. The van der Waals surface area contributed by atoms with Crippen molar-refractivity contribution in [2.45, 2.75) is 17.9 Å². The third-order valence-electron chi connectivity index (χ3n) is 6.86. The van der Waals surface area contributed by atoms with Crippen molar-refractivity contribution in [3.05, 3.63) is 118 Å². The molecule has 0 saturated carbocycles. The molecular weight excluding hydrogens is 524 g/mol. The number of benzene rings is 4. The molecule has 0 aliphatic rings. The molecule has 1 heterocycles. The highest BCUT2D eigenvalue weighted by molar-refractivity contribution is 9.10. The second kappa shape index (κ2) is 10.6. The number of ether oxygens (including phenoxy) is 1. The molecule has 1 N–H and O–H groups in total. The van der Waals surface area contributed by atoms with Gasteiger partial charge in [0.15, 0.2) is 0 Å². The third kappa shape index (κ3) is 4.99. The van der Waals surface area contributed by atoms with Crippen molar-refractivity contribution in [3.63, 3.8) is 0 Å². The summed E-state index contributed by atoms with van der Waals surface area (Å²) in [5.41, 5.74) is 0.712. The molecule has 4 nitrogen and oxygen atoms in total. The van der Waals surface area contributed by atoms with Crippen molar-refractivity contribution in [3.8, 4) is 5.88 Å². The summed E-state index contributed by atoms with van der Waals surface area (Å²) in [4.78, 5) is 5.27. The molecule has 0 fully saturated rings. The average molecular weight is 562 g/mol. The van der Waals surface area contributed by atoms with Crippen molar-refractivity contribution in [2.24, 2.45) is 0 Å². The smallest absolute Gasteiger partial charge is 0.217 e. The minimum Gasteiger partial charge on any atom is -0.481 e. The van der Waals surface area contributed by atoms with Gasteiger partial charge in [0.2, 0.25) is 5.88 Å². The van der Waals surface area contributed by atoms with Crippen molar-refractivity contribution in [1.29, 1.82) is 0 Å². The zero-order chi connectivity index (χ0) is 31.0. The van der Waals surface area contributed by atoms with Crippen LogP contribution in [0.3, 0.4) is 0 Å².